The fourth-order valence-corrected chi connectivity index (χ4v) is 1.03. The van der Waals surface area contributed by atoms with Gasteiger partial charge in [0.15, 0.2) is 5.78 Å². The molecule has 0 aromatic heterocycles. The number of Topliss-reactive ketones (excluding diaryl/α,β-unsaturated/α-hetero) is 2. The Morgan fingerprint density at radius 2 is 1.92 bits per heavy atom. The Bertz CT molecular complexity index is 342. The lowest BCUT2D eigenvalue weighted by atomic mass is 10.1. The Morgan fingerprint density at radius 3 is 2.46 bits per heavy atom. The van der Waals surface area contributed by atoms with E-state index in [0.29, 0.717) is 0 Å². The summed E-state index contributed by atoms with van der Waals surface area (Å²) in [6, 6.07) is 6.20. The van der Waals surface area contributed by atoms with E-state index >= 15 is 0 Å². The van der Waals surface area contributed by atoms with Crippen molar-refractivity contribution in [2.75, 3.05) is 0 Å². The number of rotatable bonds is 3. The third kappa shape index (κ3) is 2.40. The molecular weight excluding hydrogens is 168 g/mol. The van der Waals surface area contributed by atoms with Crippen molar-refractivity contribution in [2.45, 2.75) is 13.3 Å². The Labute approximate surface area is 76.0 Å². The van der Waals surface area contributed by atoms with Crippen LogP contribution in [-0.2, 0) is 4.79 Å². The van der Waals surface area contributed by atoms with E-state index in [0.717, 1.165) is 0 Å². The van der Waals surface area contributed by atoms with Crippen LogP contribution in [-0.4, -0.2) is 16.7 Å². The van der Waals surface area contributed by atoms with Crippen molar-refractivity contribution < 1.29 is 14.7 Å². The zero-order valence-electron chi connectivity index (χ0n) is 7.28. The highest BCUT2D eigenvalue weighted by Crippen LogP contribution is 2.17. The van der Waals surface area contributed by atoms with Crippen LogP contribution in [0.15, 0.2) is 24.3 Å². The summed E-state index contributed by atoms with van der Waals surface area (Å²) in [5.74, 6) is -0.618. The van der Waals surface area contributed by atoms with E-state index in [1.54, 1.807) is 12.1 Å². The smallest absolute Gasteiger partial charge is 0.173 e. The molecule has 1 N–H and O–H groups in total. The molecule has 0 unspecified atom stereocenters. The SMILES string of the molecule is CC(=O)CC(=O)c1ccccc1O. The van der Waals surface area contributed by atoms with Crippen molar-refractivity contribution in [3.63, 3.8) is 0 Å². The predicted octanol–water partition coefficient (Wildman–Crippen LogP) is 1.55. The van der Waals surface area contributed by atoms with Gasteiger partial charge >= 0.3 is 0 Å². The maximum atomic E-state index is 11.3. The Morgan fingerprint density at radius 1 is 1.31 bits per heavy atom. The van der Waals surface area contributed by atoms with Gasteiger partial charge in [0, 0.05) is 0 Å². The van der Waals surface area contributed by atoms with Crippen molar-refractivity contribution in [2.24, 2.45) is 0 Å². The van der Waals surface area contributed by atoms with Crippen molar-refractivity contribution in [3.8, 4) is 5.75 Å². The molecule has 13 heavy (non-hydrogen) atoms. The first-order valence-electron chi connectivity index (χ1n) is 3.92. The molecule has 3 nitrogen and oxygen atoms in total. The van der Waals surface area contributed by atoms with Crippen molar-refractivity contribution in [1.82, 2.24) is 0 Å². The molecule has 0 radical (unpaired) electrons. The highest BCUT2D eigenvalue weighted by Gasteiger charge is 2.11. The second kappa shape index (κ2) is 3.85. The van der Waals surface area contributed by atoms with Crippen molar-refractivity contribution in [1.29, 1.82) is 0 Å². The number of benzene rings is 1. The topological polar surface area (TPSA) is 54.4 Å². The molecule has 0 amide bonds. The molecule has 0 spiro atoms. The molecule has 0 saturated heterocycles. The van der Waals surface area contributed by atoms with Crippen molar-refractivity contribution >= 4 is 11.6 Å². The number of aromatic hydroxyl groups is 1. The second-order valence-electron chi connectivity index (χ2n) is 2.82. The molecular formula is C10H10O3. The van der Waals surface area contributed by atoms with Crippen LogP contribution in [0.2, 0.25) is 0 Å². The summed E-state index contributed by atoms with van der Waals surface area (Å²) in [7, 11) is 0. The van der Waals surface area contributed by atoms with E-state index < -0.39 is 0 Å². The van der Waals surface area contributed by atoms with Crippen molar-refractivity contribution in [3.05, 3.63) is 29.8 Å². The summed E-state index contributed by atoms with van der Waals surface area (Å²) in [6.07, 6.45) is -0.155. The molecule has 1 rings (SSSR count). The van der Waals surface area contributed by atoms with Gasteiger partial charge in [0.25, 0.3) is 0 Å². The lowest BCUT2D eigenvalue weighted by Gasteiger charge is -2.00. The van der Waals surface area contributed by atoms with Gasteiger partial charge in [-0.2, -0.15) is 0 Å². The van der Waals surface area contributed by atoms with E-state index in [1.165, 1.54) is 19.1 Å². The van der Waals surface area contributed by atoms with Gasteiger partial charge in [0.2, 0.25) is 0 Å². The fraction of sp³-hybridized carbons (Fsp3) is 0.200. The molecule has 0 aliphatic carbocycles. The molecule has 1 aromatic carbocycles. The van der Waals surface area contributed by atoms with E-state index in [9.17, 15) is 14.7 Å². The van der Waals surface area contributed by atoms with E-state index in [-0.39, 0.29) is 29.3 Å². The van der Waals surface area contributed by atoms with Gasteiger partial charge in [0.05, 0.1) is 12.0 Å². The monoisotopic (exact) mass is 178 g/mol. The van der Waals surface area contributed by atoms with E-state index in [4.69, 9.17) is 0 Å². The molecule has 1 aromatic rings. The lowest BCUT2D eigenvalue weighted by molar-refractivity contribution is -0.116. The van der Waals surface area contributed by atoms with Gasteiger partial charge in [-0.25, -0.2) is 0 Å². The Balaban J connectivity index is 2.89. The molecule has 0 fully saturated rings. The maximum Gasteiger partial charge on any atom is 0.173 e. The third-order valence-electron chi connectivity index (χ3n) is 1.61. The summed E-state index contributed by atoms with van der Waals surface area (Å²) in [4.78, 5) is 21.9. The molecule has 3 heteroatoms. The summed E-state index contributed by atoms with van der Waals surface area (Å²) in [5.41, 5.74) is 0.206. The van der Waals surface area contributed by atoms with Gasteiger partial charge in [-0.3, -0.25) is 9.59 Å². The number of phenols is 1. The Kier molecular flexibility index (Phi) is 2.80. The zero-order chi connectivity index (χ0) is 9.84. The van der Waals surface area contributed by atoms with E-state index in [1.807, 2.05) is 0 Å². The van der Waals surface area contributed by atoms with Crippen LogP contribution in [0.4, 0.5) is 0 Å². The van der Waals surface area contributed by atoms with Gasteiger partial charge in [-0.1, -0.05) is 12.1 Å². The van der Waals surface area contributed by atoms with Crippen LogP contribution < -0.4 is 0 Å². The van der Waals surface area contributed by atoms with Crippen LogP contribution >= 0.6 is 0 Å². The average Bonchev–Trinajstić information content (AvgIpc) is 2.03. The first kappa shape index (κ1) is 9.45. The van der Waals surface area contributed by atoms with E-state index in [2.05, 4.69) is 0 Å². The van der Waals surface area contributed by atoms with Gasteiger partial charge in [-0.05, 0) is 19.1 Å². The minimum absolute atomic E-state index is 0.0752. The van der Waals surface area contributed by atoms with Crippen LogP contribution in [0.25, 0.3) is 0 Å². The molecule has 0 atom stereocenters. The van der Waals surface area contributed by atoms with Crippen LogP contribution in [0.3, 0.4) is 0 Å². The lowest BCUT2D eigenvalue weighted by Crippen LogP contribution is -2.04. The number of hydrogen-bond donors (Lipinski definition) is 1. The highest BCUT2D eigenvalue weighted by atomic mass is 16.3. The molecule has 68 valence electrons. The summed E-state index contributed by atoms with van der Waals surface area (Å²) in [6.45, 7) is 1.35. The number of para-hydroxylation sites is 1. The van der Waals surface area contributed by atoms with Gasteiger partial charge in [-0.15, -0.1) is 0 Å². The quantitative estimate of drug-likeness (QED) is 0.564. The number of phenolic OH excluding ortho intramolecular Hbond substituents is 1. The molecule has 0 heterocycles. The number of ketones is 2. The van der Waals surface area contributed by atoms with Gasteiger partial charge < -0.3 is 5.11 Å². The second-order valence-corrected chi connectivity index (χ2v) is 2.82. The summed E-state index contributed by atoms with van der Waals surface area (Å²) < 4.78 is 0. The number of hydrogen-bond acceptors (Lipinski definition) is 3. The summed E-state index contributed by atoms with van der Waals surface area (Å²) in [5, 5.41) is 9.26. The number of carbonyl (C=O) groups is 2. The van der Waals surface area contributed by atoms with Gasteiger partial charge in [0.1, 0.15) is 11.5 Å². The first-order valence-corrected chi connectivity index (χ1v) is 3.92. The molecule has 0 aliphatic rings. The normalized spacial score (nSPS) is 9.62. The molecule has 0 saturated carbocycles. The molecule has 0 aliphatic heterocycles. The maximum absolute atomic E-state index is 11.3. The third-order valence-corrected chi connectivity index (χ3v) is 1.61. The minimum Gasteiger partial charge on any atom is -0.507 e. The molecule has 0 bridgehead atoms. The Hall–Kier alpha value is -1.64. The predicted molar refractivity (Wildman–Crippen MR) is 47.7 cm³/mol. The standard InChI is InChI=1S/C10H10O3/c1-7(11)6-10(13)8-4-2-3-5-9(8)12/h2-5,12H,6H2,1H3. The minimum atomic E-state index is -0.342. The van der Waals surface area contributed by atoms with Crippen LogP contribution in [0.1, 0.15) is 23.7 Å². The highest BCUT2D eigenvalue weighted by molar-refractivity contribution is 6.08. The first-order chi connectivity index (χ1) is 6.11. The van der Waals surface area contributed by atoms with Crippen LogP contribution in [0.5, 0.6) is 5.75 Å². The summed E-state index contributed by atoms with van der Waals surface area (Å²) >= 11 is 0. The fourth-order valence-electron chi connectivity index (χ4n) is 1.03. The van der Waals surface area contributed by atoms with Crippen LogP contribution in [0, 0.1) is 0 Å². The largest absolute Gasteiger partial charge is 0.507 e. The zero-order valence-corrected chi connectivity index (χ0v) is 7.28. The average molecular weight is 178 g/mol. The number of carbonyl (C=O) groups excluding carboxylic acids is 2.